The molecule has 2 rings (SSSR count). The number of nitrogens with one attached hydrogen (secondary N) is 1. The first-order chi connectivity index (χ1) is 10.6. The summed E-state index contributed by atoms with van der Waals surface area (Å²) in [6, 6.07) is 6.51. The molecule has 0 unspecified atom stereocenters. The molecule has 0 radical (unpaired) electrons. The molecule has 1 aliphatic heterocycles. The van der Waals surface area contributed by atoms with Gasteiger partial charge >= 0.3 is 5.97 Å². The molecule has 1 aromatic carbocycles. The molecule has 2 amide bonds. The second-order valence-corrected chi connectivity index (χ2v) is 4.65. The van der Waals surface area contributed by atoms with Gasteiger partial charge in [0.25, 0.3) is 5.91 Å². The Kier molecular flexibility index (Phi) is 5.26. The molecule has 116 valence electrons. The van der Waals surface area contributed by atoms with Crippen molar-refractivity contribution in [2.45, 2.75) is 0 Å². The fraction of sp³-hybridized carbons (Fsp3) is 0.267. The van der Waals surface area contributed by atoms with Gasteiger partial charge in [0.15, 0.2) is 0 Å². The SMILES string of the molecule is O=C(O)/C=C/C(=O)Nc1cccc(C(=O)N2CCOCC2)c1. The van der Waals surface area contributed by atoms with Gasteiger partial charge in [0, 0.05) is 36.5 Å². The molecule has 0 saturated carbocycles. The van der Waals surface area contributed by atoms with Gasteiger partial charge in [0.1, 0.15) is 0 Å². The monoisotopic (exact) mass is 304 g/mol. The molecule has 22 heavy (non-hydrogen) atoms. The van der Waals surface area contributed by atoms with Gasteiger partial charge in [-0.05, 0) is 18.2 Å². The number of benzene rings is 1. The lowest BCUT2D eigenvalue weighted by molar-refractivity contribution is -0.131. The van der Waals surface area contributed by atoms with Gasteiger partial charge in [-0.3, -0.25) is 9.59 Å². The molecule has 0 aromatic heterocycles. The number of nitrogens with zero attached hydrogens (tertiary/aromatic N) is 1. The van der Waals surface area contributed by atoms with Gasteiger partial charge in [-0.25, -0.2) is 4.79 Å². The van der Waals surface area contributed by atoms with Gasteiger partial charge in [-0.1, -0.05) is 6.07 Å². The van der Waals surface area contributed by atoms with E-state index in [0.29, 0.717) is 37.6 Å². The molecule has 0 aliphatic carbocycles. The molecule has 7 heteroatoms. The van der Waals surface area contributed by atoms with Crippen molar-refractivity contribution in [2.75, 3.05) is 31.6 Å². The number of amides is 2. The first kappa shape index (κ1) is 15.7. The maximum Gasteiger partial charge on any atom is 0.328 e. The minimum absolute atomic E-state index is 0.125. The van der Waals surface area contributed by atoms with Crippen LogP contribution in [0, 0.1) is 0 Å². The molecule has 0 spiro atoms. The third kappa shape index (κ3) is 4.42. The molecule has 7 nitrogen and oxygen atoms in total. The number of rotatable bonds is 4. The van der Waals surface area contributed by atoms with Crippen molar-refractivity contribution in [3.63, 3.8) is 0 Å². The normalized spacial score (nSPS) is 14.8. The zero-order valence-corrected chi connectivity index (χ0v) is 11.8. The lowest BCUT2D eigenvalue weighted by atomic mass is 10.1. The van der Waals surface area contributed by atoms with Gasteiger partial charge in [-0.15, -0.1) is 0 Å². The fourth-order valence-corrected chi connectivity index (χ4v) is 2.01. The van der Waals surface area contributed by atoms with Crippen LogP contribution in [0.1, 0.15) is 10.4 Å². The Hall–Kier alpha value is -2.67. The van der Waals surface area contributed by atoms with E-state index in [1.165, 1.54) is 0 Å². The van der Waals surface area contributed by atoms with E-state index in [1.807, 2.05) is 0 Å². The van der Waals surface area contributed by atoms with Crippen molar-refractivity contribution in [3.05, 3.63) is 42.0 Å². The van der Waals surface area contributed by atoms with Crippen LogP contribution < -0.4 is 5.32 Å². The quantitative estimate of drug-likeness (QED) is 0.800. The Bertz CT molecular complexity index is 606. The summed E-state index contributed by atoms with van der Waals surface area (Å²) in [5.74, 6) is -1.90. The summed E-state index contributed by atoms with van der Waals surface area (Å²) in [7, 11) is 0. The zero-order valence-electron chi connectivity index (χ0n) is 11.8. The second-order valence-electron chi connectivity index (χ2n) is 4.65. The highest BCUT2D eigenvalue weighted by atomic mass is 16.5. The van der Waals surface area contributed by atoms with Crippen LogP contribution in [-0.2, 0) is 14.3 Å². The fourth-order valence-electron chi connectivity index (χ4n) is 2.01. The van der Waals surface area contributed by atoms with E-state index in [-0.39, 0.29) is 5.91 Å². The second kappa shape index (κ2) is 7.37. The number of carboxylic acid groups (broad SMARTS) is 1. The summed E-state index contributed by atoms with van der Waals surface area (Å²) in [4.78, 5) is 35.9. The van der Waals surface area contributed by atoms with E-state index >= 15 is 0 Å². The minimum atomic E-state index is -1.20. The Balaban J connectivity index is 2.04. The van der Waals surface area contributed by atoms with Crippen molar-refractivity contribution in [3.8, 4) is 0 Å². The summed E-state index contributed by atoms with van der Waals surface area (Å²) in [6.45, 7) is 2.11. The number of hydrogen-bond donors (Lipinski definition) is 2. The molecule has 0 atom stereocenters. The molecule has 1 aliphatic rings. The summed E-state index contributed by atoms with van der Waals surface area (Å²) in [5.41, 5.74) is 0.890. The van der Waals surface area contributed by atoms with E-state index in [1.54, 1.807) is 29.2 Å². The number of carbonyl (C=O) groups is 3. The van der Waals surface area contributed by atoms with E-state index in [0.717, 1.165) is 12.2 Å². The van der Waals surface area contributed by atoms with Crippen LogP contribution in [0.3, 0.4) is 0 Å². The average molecular weight is 304 g/mol. The van der Waals surface area contributed by atoms with Crippen molar-refractivity contribution < 1.29 is 24.2 Å². The lowest BCUT2D eigenvalue weighted by Gasteiger charge is -2.27. The molecule has 1 heterocycles. The topological polar surface area (TPSA) is 95.9 Å². The highest BCUT2D eigenvalue weighted by Gasteiger charge is 2.18. The first-order valence-electron chi connectivity index (χ1n) is 6.75. The molecule has 0 bridgehead atoms. The van der Waals surface area contributed by atoms with Crippen LogP contribution in [0.25, 0.3) is 0 Å². The van der Waals surface area contributed by atoms with E-state index in [2.05, 4.69) is 5.32 Å². The predicted molar refractivity (Wildman–Crippen MR) is 78.6 cm³/mol. The van der Waals surface area contributed by atoms with Crippen LogP contribution >= 0.6 is 0 Å². The van der Waals surface area contributed by atoms with Crippen LogP contribution in [0.5, 0.6) is 0 Å². The van der Waals surface area contributed by atoms with Gasteiger partial charge in [-0.2, -0.15) is 0 Å². The Morgan fingerprint density at radius 2 is 1.91 bits per heavy atom. The number of ether oxygens (including phenoxy) is 1. The summed E-state index contributed by atoms with van der Waals surface area (Å²) >= 11 is 0. The lowest BCUT2D eigenvalue weighted by Crippen LogP contribution is -2.40. The average Bonchev–Trinajstić information content (AvgIpc) is 2.53. The van der Waals surface area contributed by atoms with E-state index in [4.69, 9.17) is 9.84 Å². The number of carboxylic acids is 1. The maximum atomic E-state index is 12.3. The van der Waals surface area contributed by atoms with Crippen LogP contribution in [0.4, 0.5) is 5.69 Å². The van der Waals surface area contributed by atoms with Gasteiger partial charge < -0.3 is 20.1 Å². The summed E-state index contributed by atoms with van der Waals surface area (Å²) in [5, 5.41) is 11.0. The molecular weight excluding hydrogens is 288 g/mol. The van der Waals surface area contributed by atoms with Crippen LogP contribution in [0.15, 0.2) is 36.4 Å². The highest BCUT2D eigenvalue weighted by molar-refractivity contribution is 6.03. The number of hydrogen-bond acceptors (Lipinski definition) is 4. The molecule has 1 aromatic rings. The number of morpholine rings is 1. The summed E-state index contributed by atoms with van der Waals surface area (Å²) in [6.07, 6.45) is 1.66. The molecular formula is C15H16N2O5. The van der Waals surface area contributed by atoms with Gasteiger partial charge in [0.05, 0.1) is 13.2 Å². The highest BCUT2D eigenvalue weighted by Crippen LogP contribution is 2.14. The van der Waals surface area contributed by atoms with Crippen molar-refractivity contribution in [2.24, 2.45) is 0 Å². The third-order valence-corrected chi connectivity index (χ3v) is 3.05. The van der Waals surface area contributed by atoms with E-state index < -0.39 is 11.9 Å². The van der Waals surface area contributed by atoms with Crippen LogP contribution in [0.2, 0.25) is 0 Å². The maximum absolute atomic E-state index is 12.3. The van der Waals surface area contributed by atoms with Crippen molar-refractivity contribution in [1.29, 1.82) is 0 Å². The van der Waals surface area contributed by atoms with E-state index in [9.17, 15) is 14.4 Å². The molecule has 1 fully saturated rings. The predicted octanol–water partition coefficient (Wildman–Crippen LogP) is 0.738. The zero-order chi connectivity index (χ0) is 15.9. The first-order valence-corrected chi connectivity index (χ1v) is 6.75. The Morgan fingerprint density at radius 3 is 2.59 bits per heavy atom. The summed E-state index contributed by atoms with van der Waals surface area (Å²) < 4.78 is 5.20. The third-order valence-electron chi connectivity index (χ3n) is 3.05. The minimum Gasteiger partial charge on any atom is -0.478 e. The largest absolute Gasteiger partial charge is 0.478 e. The number of carbonyl (C=O) groups excluding carboxylic acids is 2. The Morgan fingerprint density at radius 1 is 1.18 bits per heavy atom. The van der Waals surface area contributed by atoms with Gasteiger partial charge in [0.2, 0.25) is 5.91 Å². The van der Waals surface area contributed by atoms with Crippen molar-refractivity contribution >= 4 is 23.5 Å². The molecule has 1 saturated heterocycles. The molecule has 2 N–H and O–H groups in total. The van der Waals surface area contributed by atoms with Crippen molar-refractivity contribution in [1.82, 2.24) is 4.90 Å². The Labute approximate surface area is 127 Å². The smallest absolute Gasteiger partial charge is 0.328 e. The number of anilines is 1. The number of aliphatic carboxylic acids is 1. The standard InChI is InChI=1S/C15H16N2O5/c18-13(4-5-14(19)20)16-12-3-1-2-11(10-12)15(21)17-6-8-22-9-7-17/h1-5,10H,6-9H2,(H,16,18)(H,19,20)/b5-4+. The van der Waals surface area contributed by atoms with Crippen LogP contribution in [-0.4, -0.2) is 54.1 Å².